The number of hydrogen-bond acceptors (Lipinski definition) is 9. The highest BCUT2D eigenvalue weighted by atomic mass is 16.6. The lowest BCUT2D eigenvalue weighted by atomic mass is 10.0. The molecule has 1 saturated heterocycles. The number of hydrogen-bond donors (Lipinski definition) is 1. The predicted octanol–water partition coefficient (Wildman–Crippen LogP) is 3.07. The molecule has 0 bridgehead atoms. The Morgan fingerprint density at radius 1 is 1.27 bits per heavy atom. The SMILES string of the molecule is COc1cc(N2CCC(N(C)C)CC2)c([N+](=O)[O-])cc1Nc1nccc(-c2cnn(C)c2)n1. The smallest absolute Gasteiger partial charge is 0.294 e. The number of nitrogens with zero attached hydrogens (tertiary/aromatic N) is 7. The van der Waals surface area contributed by atoms with Gasteiger partial charge in [0.2, 0.25) is 5.95 Å². The van der Waals surface area contributed by atoms with Gasteiger partial charge >= 0.3 is 0 Å². The molecule has 1 N–H and O–H groups in total. The van der Waals surface area contributed by atoms with Gasteiger partial charge < -0.3 is 19.9 Å². The summed E-state index contributed by atoms with van der Waals surface area (Å²) < 4.78 is 7.26. The molecule has 0 saturated carbocycles. The summed E-state index contributed by atoms with van der Waals surface area (Å²) in [7, 11) is 7.51. The topological polar surface area (TPSA) is 114 Å². The van der Waals surface area contributed by atoms with Gasteiger partial charge in [0.25, 0.3) is 5.69 Å². The molecule has 2 aromatic heterocycles. The third kappa shape index (κ3) is 4.87. The molecule has 174 valence electrons. The molecule has 1 aliphatic heterocycles. The lowest BCUT2D eigenvalue weighted by Crippen LogP contribution is -2.42. The van der Waals surface area contributed by atoms with Crippen molar-refractivity contribution in [1.82, 2.24) is 24.6 Å². The maximum absolute atomic E-state index is 11.9. The van der Waals surface area contributed by atoms with Crippen LogP contribution in [-0.2, 0) is 7.05 Å². The molecule has 1 aromatic carbocycles. The lowest BCUT2D eigenvalue weighted by Gasteiger charge is -2.36. The first-order chi connectivity index (χ1) is 15.9. The maximum Gasteiger partial charge on any atom is 0.294 e. The van der Waals surface area contributed by atoms with Crippen molar-refractivity contribution in [1.29, 1.82) is 0 Å². The fraction of sp³-hybridized carbons (Fsp3) is 0.409. The van der Waals surface area contributed by atoms with Crippen molar-refractivity contribution in [2.75, 3.05) is 44.5 Å². The van der Waals surface area contributed by atoms with Crippen molar-refractivity contribution in [2.24, 2.45) is 7.05 Å². The second kappa shape index (κ2) is 9.41. The number of nitrogens with one attached hydrogen (secondary N) is 1. The number of ether oxygens (including phenoxy) is 1. The Morgan fingerprint density at radius 3 is 2.64 bits per heavy atom. The van der Waals surface area contributed by atoms with Crippen LogP contribution in [0.1, 0.15) is 12.8 Å². The quantitative estimate of drug-likeness (QED) is 0.426. The van der Waals surface area contributed by atoms with Gasteiger partial charge in [-0.1, -0.05) is 0 Å². The van der Waals surface area contributed by atoms with Crippen LogP contribution < -0.4 is 15.0 Å². The average Bonchev–Trinajstić information content (AvgIpc) is 3.25. The first-order valence-electron chi connectivity index (χ1n) is 10.7. The molecule has 4 rings (SSSR count). The van der Waals surface area contributed by atoms with Crippen molar-refractivity contribution in [3.63, 3.8) is 0 Å². The van der Waals surface area contributed by atoms with Gasteiger partial charge in [0.15, 0.2) is 0 Å². The molecule has 11 heteroatoms. The largest absolute Gasteiger partial charge is 0.494 e. The Morgan fingerprint density at radius 2 is 2.03 bits per heavy atom. The number of nitro benzene ring substituents is 1. The molecule has 0 unspecified atom stereocenters. The van der Waals surface area contributed by atoms with Crippen LogP contribution in [0, 0.1) is 10.1 Å². The van der Waals surface area contributed by atoms with Gasteiger partial charge in [-0.15, -0.1) is 0 Å². The van der Waals surface area contributed by atoms with Crippen LogP contribution in [0.5, 0.6) is 5.75 Å². The van der Waals surface area contributed by atoms with Gasteiger partial charge in [-0.25, -0.2) is 9.97 Å². The molecule has 3 heterocycles. The van der Waals surface area contributed by atoms with Crippen LogP contribution >= 0.6 is 0 Å². The number of benzene rings is 1. The summed E-state index contributed by atoms with van der Waals surface area (Å²) >= 11 is 0. The number of anilines is 3. The van der Waals surface area contributed by atoms with Gasteiger partial charge in [-0.05, 0) is 33.0 Å². The minimum absolute atomic E-state index is 0.0185. The second-order valence-corrected chi connectivity index (χ2v) is 8.27. The molecule has 1 fully saturated rings. The molecule has 11 nitrogen and oxygen atoms in total. The molecule has 33 heavy (non-hydrogen) atoms. The molecule has 0 radical (unpaired) electrons. The van der Waals surface area contributed by atoms with E-state index in [1.807, 2.05) is 13.2 Å². The van der Waals surface area contributed by atoms with Crippen molar-refractivity contribution in [2.45, 2.75) is 18.9 Å². The van der Waals surface area contributed by atoms with E-state index in [4.69, 9.17) is 4.74 Å². The fourth-order valence-corrected chi connectivity index (χ4v) is 4.10. The number of nitro groups is 1. The van der Waals surface area contributed by atoms with Gasteiger partial charge in [0.05, 0.1) is 29.6 Å². The van der Waals surface area contributed by atoms with Crippen LogP contribution in [0.3, 0.4) is 0 Å². The van der Waals surface area contributed by atoms with Crippen molar-refractivity contribution in [3.8, 4) is 17.0 Å². The van der Waals surface area contributed by atoms with E-state index in [0.29, 0.717) is 34.8 Å². The second-order valence-electron chi connectivity index (χ2n) is 8.27. The summed E-state index contributed by atoms with van der Waals surface area (Å²) in [5, 5.41) is 19.2. The van der Waals surface area contributed by atoms with E-state index in [1.54, 1.807) is 36.3 Å². The molecule has 3 aromatic rings. The monoisotopic (exact) mass is 452 g/mol. The van der Waals surface area contributed by atoms with E-state index in [2.05, 4.69) is 44.3 Å². The highest BCUT2D eigenvalue weighted by molar-refractivity contribution is 5.77. The maximum atomic E-state index is 11.9. The van der Waals surface area contributed by atoms with E-state index < -0.39 is 0 Å². The van der Waals surface area contributed by atoms with Gasteiger partial charge in [0, 0.05) is 56.3 Å². The van der Waals surface area contributed by atoms with Gasteiger partial charge in [-0.3, -0.25) is 14.8 Å². The van der Waals surface area contributed by atoms with Gasteiger partial charge in [-0.2, -0.15) is 5.10 Å². The Kier molecular flexibility index (Phi) is 6.40. The Balaban J connectivity index is 1.63. The number of piperidine rings is 1. The molecule has 0 amide bonds. The summed E-state index contributed by atoms with van der Waals surface area (Å²) in [6.45, 7) is 1.49. The van der Waals surface area contributed by atoms with E-state index in [1.165, 1.54) is 6.07 Å². The van der Waals surface area contributed by atoms with Crippen molar-refractivity contribution < 1.29 is 9.66 Å². The van der Waals surface area contributed by atoms with Gasteiger partial charge in [0.1, 0.15) is 11.4 Å². The van der Waals surface area contributed by atoms with Crippen LogP contribution in [0.25, 0.3) is 11.3 Å². The molecule has 0 atom stereocenters. The summed E-state index contributed by atoms with van der Waals surface area (Å²) in [6.07, 6.45) is 7.09. The predicted molar refractivity (Wildman–Crippen MR) is 126 cm³/mol. The molecule has 1 aliphatic rings. The Hall–Kier alpha value is -3.73. The highest BCUT2D eigenvalue weighted by Gasteiger charge is 2.28. The zero-order valence-corrected chi connectivity index (χ0v) is 19.2. The molecule has 0 aliphatic carbocycles. The van der Waals surface area contributed by atoms with E-state index in [-0.39, 0.29) is 10.6 Å². The molecular weight excluding hydrogens is 424 g/mol. The third-order valence-electron chi connectivity index (χ3n) is 5.93. The van der Waals surface area contributed by atoms with Crippen molar-refractivity contribution in [3.05, 3.63) is 46.9 Å². The number of methoxy groups -OCH3 is 1. The summed E-state index contributed by atoms with van der Waals surface area (Å²) in [5.41, 5.74) is 2.54. The minimum atomic E-state index is -0.356. The number of aryl methyl sites for hydroxylation is 1. The normalized spacial score (nSPS) is 14.5. The first-order valence-corrected chi connectivity index (χ1v) is 10.7. The first kappa shape index (κ1) is 22.5. The molecular formula is C22H28N8O3. The third-order valence-corrected chi connectivity index (χ3v) is 5.93. The minimum Gasteiger partial charge on any atom is -0.494 e. The molecule has 0 spiro atoms. The summed E-state index contributed by atoms with van der Waals surface area (Å²) in [5.74, 6) is 0.796. The Labute approximate surface area is 192 Å². The highest BCUT2D eigenvalue weighted by Crippen LogP contribution is 2.40. The lowest BCUT2D eigenvalue weighted by molar-refractivity contribution is -0.384. The summed E-state index contributed by atoms with van der Waals surface area (Å²) in [4.78, 5) is 24.6. The zero-order chi connectivity index (χ0) is 23.5. The van der Waals surface area contributed by atoms with Crippen LogP contribution in [0.2, 0.25) is 0 Å². The number of aromatic nitrogens is 4. The number of rotatable bonds is 7. The van der Waals surface area contributed by atoms with Crippen LogP contribution in [0.4, 0.5) is 23.0 Å². The van der Waals surface area contributed by atoms with E-state index in [9.17, 15) is 10.1 Å². The van der Waals surface area contributed by atoms with Crippen molar-refractivity contribution >= 4 is 23.0 Å². The zero-order valence-electron chi connectivity index (χ0n) is 19.2. The standard InChI is InChI=1S/C22H28N8O3/c1-27(2)16-6-9-29(10-7-16)19-12-21(33-4)18(11-20(19)30(31)32)26-22-23-8-5-17(25-22)15-13-24-28(3)14-15/h5,8,11-14,16H,6-7,9-10H2,1-4H3,(H,23,25,26). The van der Waals surface area contributed by atoms with Crippen LogP contribution in [-0.4, -0.2) is 69.9 Å². The van der Waals surface area contributed by atoms with E-state index >= 15 is 0 Å². The summed E-state index contributed by atoms with van der Waals surface area (Å²) in [6, 6.07) is 5.48. The average molecular weight is 453 g/mol. The van der Waals surface area contributed by atoms with Crippen LogP contribution in [0.15, 0.2) is 36.8 Å². The van der Waals surface area contributed by atoms with E-state index in [0.717, 1.165) is 31.5 Å². The Bertz CT molecular complexity index is 1140. The fourth-order valence-electron chi connectivity index (χ4n) is 4.10.